The van der Waals surface area contributed by atoms with Gasteiger partial charge in [0.15, 0.2) is 11.5 Å². The summed E-state index contributed by atoms with van der Waals surface area (Å²) in [5, 5.41) is 0.757. The molecule has 2 aromatic carbocycles. The number of hydrogen-bond donors (Lipinski definition) is 0. The first-order chi connectivity index (χ1) is 16.0. The number of halogens is 2. The van der Waals surface area contributed by atoms with Crippen molar-refractivity contribution < 1.29 is 23.8 Å². The second kappa shape index (κ2) is 11.7. The number of nitrogens with zero attached hydrogens (tertiary/aromatic N) is 1. The first-order valence-corrected chi connectivity index (χ1v) is 11.0. The molecule has 0 saturated carbocycles. The summed E-state index contributed by atoms with van der Waals surface area (Å²) in [6, 6.07) is 12.3. The Bertz CT molecular complexity index is 1100. The van der Waals surface area contributed by atoms with Gasteiger partial charge < -0.3 is 19.0 Å². The van der Waals surface area contributed by atoms with Crippen LogP contribution in [0.5, 0.6) is 11.5 Å². The van der Waals surface area contributed by atoms with Crippen LogP contribution in [0.3, 0.4) is 0 Å². The standard InChI is InChI=1S/C25H23Cl2NO5/c1-31-22-10-9-18(12-24(22)32-2)23(13-19-20(26)14-28-15-21(19)27)33-25(30)17-7-5-16(6-8-17)4-3-11-29/h5-12,14-15,23H,3-4,13H2,1-2H3/t23-/m0/s1. The lowest BCUT2D eigenvalue weighted by molar-refractivity contribution is -0.107. The van der Waals surface area contributed by atoms with Crippen molar-refractivity contribution >= 4 is 35.5 Å². The molecule has 3 aromatic rings. The zero-order chi connectivity index (χ0) is 23.8. The van der Waals surface area contributed by atoms with Gasteiger partial charge >= 0.3 is 5.97 Å². The minimum Gasteiger partial charge on any atom is -0.493 e. The Morgan fingerprint density at radius 3 is 2.27 bits per heavy atom. The third-order valence-electron chi connectivity index (χ3n) is 5.11. The van der Waals surface area contributed by atoms with Crippen LogP contribution in [0.2, 0.25) is 10.0 Å². The molecule has 3 rings (SSSR count). The number of methoxy groups -OCH3 is 2. The fourth-order valence-electron chi connectivity index (χ4n) is 3.33. The number of aromatic nitrogens is 1. The predicted molar refractivity (Wildman–Crippen MR) is 126 cm³/mol. The second-order valence-electron chi connectivity index (χ2n) is 7.20. The van der Waals surface area contributed by atoms with Crippen LogP contribution < -0.4 is 9.47 Å². The summed E-state index contributed by atoms with van der Waals surface area (Å²) in [7, 11) is 3.08. The molecule has 0 amide bonds. The van der Waals surface area contributed by atoms with E-state index in [1.807, 2.05) is 12.1 Å². The van der Waals surface area contributed by atoms with Crippen molar-refractivity contribution in [1.29, 1.82) is 0 Å². The molecule has 33 heavy (non-hydrogen) atoms. The molecule has 0 aliphatic heterocycles. The molecule has 0 radical (unpaired) electrons. The number of hydrogen-bond acceptors (Lipinski definition) is 6. The zero-order valence-electron chi connectivity index (χ0n) is 18.2. The molecule has 0 fully saturated rings. The van der Waals surface area contributed by atoms with E-state index in [0.717, 1.165) is 11.8 Å². The summed E-state index contributed by atoms with van der Waals surface area (Å²) in [5.41, 5.74) is 2.66. The average Bonchev–Trinajstić information content (AvgIpc) is 2.84. The van der Waals surface area contributed by atoms with Gasteiger partial charge in [0, 0.05) is 25.2 Å². The highest BCUT2D eigenvalue weighted by Gasteiger charge is 2.23. The molecule has 0 saturated heterocycles. The maximum Gasteiger partial charge on any atom is 0.338 e. The van der Waals surface area contributed by atoms with Gasteiger partial charge in [0.2, 0.25) is 0 Å². The van der Waals surface area contributed by atoms with E-state index in [0.29, 0.717) is 51.1 Å². The van der Waals surface area contributed by atoms with Gasteiger partial charge in [0.1, 0.15) is 12.4 Å². The lowest BCUT2D eigenvalue weighted by atomic mass is 10.0. The molecule has 1 heterocycles. The maximum atomic E-state index is 13.0. The molecule has 1 aromatic heterocycles. The molecule has 0 aliphatic rings. The number of aryl methyl sites for hydroxylation is 1. The smallest absolute Gasteiger partial charge is 0.338 e. The van der Waals surface area contributed by atoms with E-state index in [4.69, 9.17) is 37.4 Å². The van der Waals surface area contributed by atoms with Crippen LogP contribution >= 0.6 is 23.2 Å². The summed E-state index contributed by atoms with van der Waals surface area (Å²) in [4.78, 5) is 27.5. The van der Waals surface area contributed by atoms with E-state index in [1.165, 1.54) is 19.5 Å². The van der Waals surface area contributed by atoms with Crippen LogP contribution in [0.25, 0.3) is 0 Å². The number of carbonyl (C=O) groups excluding carboxylic acids is 2. The Balaban J connectivity index is 1.91. The van der Waals surface area contributed by atoms with Gasteiger partial charge in [0.05, 0.1) is 29.8 Å². The van der Waals surface area contributed by atoms with Gasteiger partial charge in [-0.2, -0.15) is 0 Å². The second-order valence-corrected chi connectivity index (χ2v) is 8.01. The number of pyridine rings is 1. The van der Waals surface area contributed by atoms with Gasteiger partial charge in [-0.05, 0) is 47.4 Å². The van der Waals surface area contributed by atoms with E-state index in [1.54, 1.807) is 37.4 Å². The van der Waals surface area contributed by atoms with E-state index in [-0.39, 0.29) is 6.42 Å². The van der Waals surface area contributed by atoms with Crippen molar-refractivity contribution in [3.05, 3.63) is 87.2 Å². The molecule has 8 heteroatoms. The van der Waals surface area contributed by atoms with Crippen LogP contribution in [0.1, 0.15) is 39.6 Å². The molecule has 0 aliphatic carbocycles. The summed E-state index contributed by atoms with van der Waals surface area (Å²) in [6.45, 7) is 0. The van der Waals surface area contributed by atoms with Crippen molar-refractivity contribution in [3.8, 4) is 11.5 Å². The van der Waals surface area contributed by atoms with Crippen molar-refractivity contribution in [1.82, 2.24) is 4.98 Å². The van der Waals surface area contributed by atoms with Crippen molar-refractivity contribution in [2.45, 2.75) is 25.4 Å². The van der Waals surface area contributed by atoms with Crippen LogP contribution in [0.4, 0.5) is 0 Å². The third-order valence-corrected chi connectivity index (χ3v) is 5.76. The Labute approximate surface area is 202 Å². The fraction of sp³-hybridized carbons (Fsp3) is 0.240. The van der Waals surface area contributed by atoms with Crippen LogP contribution in [0.15, 0.2) is 54.9 Å². The average molecular weight is 488 g/mol. The zero-order valence-corrected chi connectivity index (χ0v) is 19.7. The van der Waals surface area contributed by atoms with Crippen LogP contribution in [-0.2, 0) is 22.4 Å². The maximum absolute atomic E-state index is 13.0. The van der Waals surface area contributed by atoms with Gasteiger partial charge in [-0.3, -0.25) is 4.98 Å². The Kier molecular flexibility index (Phi) is 8.69. The van der Waals surface area contributed by atoms with E-state index in [9.17, 15) is 9.59 Å². The monoisotopic (exact) mass is 487 g/mol. The fourth-order valence-corrected chi connectivity index (χ4v) is 3.85. The van der Waals surface area contributed by atoms with Crippen molar-refractivity contribution in [2.24, 2.45) is 0 Å². The van der Waals surface area contributed by atoms with Gasteiger partial charge in [0.25, 0.3) is 0 Å². The molecule has 172 valence electrons. The summed E-state index contributed by atoms with van der Waals surface area (Å²) < 4.78 is 16.6. The lowest BCUT2D eigenvalue weighted by Crippen LogP contribution is -2.15. The van der Waals surface area contributed by atoms with Gasteiger partial charge in [-0.1, -0.05) is 41.4 Å². The molecule has 0 spiro atoms. The van der Waals surface area contributed by atoms with E-state index in [2.05, 4.69) is 4.98 Å². The Morgan fingerprint density at radius 1 is 1.00 bits per heavy atom. The number of carbonyl (C=O) groups is 2. The first kappa shape index (κ1) is 24.6. The number of benzene rings is 2. The molecular formula is C25H23Cl2NO5. The predicted octanol–water partition coefficient (Wildman–Crippen LogP) is 5.68. The number of ether oxygens (including phenoxy) is 3. The molecule has 6 nitrogen and oxygen atoms in total. The molecule has 0 N–H and O–H groups in total. The van der Waals surface area contributed by atoms with E-state index >= 15 is 0 Å². The molecule has 0 unspecified atom stereocenters. The highest BCUT2D eigenvalue weighted by molar-refractivity contribution is 6.35. The summed E-state index contributed by atoms with van der Waals surface area (Å²) in [6.07, 6.45) is 4.43. The number of aldehydes is 1. The lowest BCUT2D eigenvalue weighted by Gasteiger charge is -2.21. The summed E-state index contributed by atoms with van der Waals surface area (Å²) >= 11 is 12.6. The summed E-state index contributed by atoms with van der Waals surface area (Å²) in [5.74, 6) is 0.553. The highest BCUT2D eigenvalue weighted by atomic mass is 35.5. The minimum absolute atomic E-state index is 0.235. The number of esters is 1. The van der Waals surface area contributed by atoms with Gasteiger partial charge in [-0.25, -0.2) is 4.79 Å². The molecule has 0 bridgehead atoms. The normalized spacial score (nSPS) is 11.5. The van der Waals surface area contributed by atoms with Crippen LogP contribution in [0, 0.1) is 0 Å². The minimum atomic E-state index is -0.704. The largest absolute Gasteiger partial charge is 0.493 e. The Morgan fingerprint density at radius 2 is 1.67 bits per heavy atom. The van der Waals surface area contributed by atoms with Crippen molar-refractivity contribution in [2.75, 3.05) is 14.2 Å². The Hall–Kier alpha value is -3.09. The quantitative estimate of drug-likeness (QED) is 0.270. The topological polar surface area (TPSA) is 74.7 Å². The first-order valence-electron chi connectivity index (χ1n) is 10.2. The van der Waals surface area contributed by atoms with Crippen LogP contribution in [-0.4, -0.2) is 31.5 Å². The SMILES string of the molecule is COc1ccc([C@H](Cc2c(Cl)cncc2Cl)OC(=O)c2ccc(CCC=O)cc2)cc1OC. The number of rotatable bonds is 10. The molecule has 1 atom stereocenters. The van der Waals surface area contributed by atoms with E-state index < -0.39 is 12.1 Å². The third kappa shape index (κ3) is 6.24. The van der Waals surface area contributed by atoms with Gasteiger partial charge in [-0.15, -0.1) is 0 Å². The highest BCUT2D eigenvalue weighted by Crippen LogP contribution is 2.35. The molecular weight excluding hydrogens is 465 g/mol. The van der Waals surface area contributed by atoms with Crippen molar-refractivity contribution in [3.63, 3.8) is 0 Å².